The predicted octanol–water partition coefficient (Wildman–Crippen LogP) is 4.60. The second kappa shape index (κ2) is 9.39. The van der Waals surface area contributed by atoms with E-state index in [9.17, 15) is 8.42 Å². The highest BCUT2D eigenvalue weighted by atomic mass is 35.5. The van der Waals surface area contributed by atoms with E-state index < -0.39 is 10.0 Å². The van der Waals surface area contributed by atoms with Gasteiger partial charge in [-0.3, -0.25) is 4.90 Å². The van der Waals surface area contributed by atoms with E-state index >= 15 is 0 Å². The van der Waals surface area contributed by atoms with Crippen LogP contribution in [0.2, 0.25) is 10.0 Å². The minimum atomic E-state index is -3.51. The number of sulfonamides is 1. The van der Waals surface area contributed by atoms with Crippen LogP contribution in [-0.4, -0.2) is 26.4 Å². The van der Waals surface area contributed by atoms with Crippen LogP contribution in [0.5, 0.6) is 0 Å². The fourth-order valence-corrected chi connectivity index (χ4v) is 5.02. The van der Waals surface area contributed by atoms with Crippen molar-refractivity contribution in [3.63, 3.8) is 0 Å². The highest BCUT2D eigenvalue weighted by molar-refractivity contribution is 7.88. The largest absolute Gasteiger partial charge is 0.299 e. The van der Waals surface area contributed by atoms with Gasteiger partial charge in [-0.25, -0.2) is 13.1 Å². The molecule has 1 fully saturated rings. The van der Waals surface area contributed by atoms with E-state index in [4.69, 9.17) is 23.2 Å². The Bertz CT molecular complexity index is 881. The fraction of sp³-hybridized carbons (Fsp3) is 0.400. The normalized spacial score (nSPS) is 15.8. The molecule has 27 heavy (non-hydrogen) atoms. The molecule has 2 aromatic carbocycles. The zero-order valence-electron chi connectivity index (χ0n) is 15.1. The van der Waals surface area contributed by atoms with Crippen molar-refractivity contribution >= 4 is 33.2 Å². The third-order valence-electron chi connectivity index (χ3n) is 4.80. The van der Waals surface area contributed by atoms with Gasteiger partial charge in [0.15, 0.2) is 0 Å². The first-order valence-corrected chi connectivity index (χ1v) is 11.5. The van der Waals surface area contributed by atoms with Crippen LogP contribution in [0.4, 0.5) is 0 Å². The number of hydrogen-bond donors (Lipinski definition) is 1. The van der Waals surface area contributed by atoms with Gasteiger partial charge in [-0.2, -0.15) is 0 Å². The summed E-state index contributed by atoms with van der Waals surface area (Å²) in [6, 6.07) is 12.9. The van der Waals surface area contributed by atoms with Crippen molar-refractivity contribution in [2.24, 2.45) is 0 Å². The summed E-state index contributed by atoms with van der Waals surface area (Å²) in [5.74, 6) is -0.169. The molecule has 146 valence electrons. The average Bonchev–Trinajstić information content (AvgIpc) is 2.64. The summed E-state index contributed by atoms with van der Waals surface area (Å²) in [5, 5.41) is 0.846. The van der Waals surface area contributed by atoms with Crippen LogP contribution in [0.1, 0.15) is 36.0 Å². The highest BCUT2D eigenvalue weighted by Gasteiger charge is 2.16. The van der Waals surface area contributed by atoms with Crippen molar-refractivity contribution < 1.29 is 8.42 Å². The molecule has 0 saturated carbocycles. The van der Waals surface area contributed by atoms with Crippen molar-refractivity contribution in [2.75, 3.05) is 13.1 Å². The number of benzene rings is 2. The Labute approximate surface area is 171 Å². The molecule has 3 rings (SSSR count). The van der Waals surface area contributed by atoms with Crippen LogP contribution in [0.25, 0.3) is 0 Å². The fourth-order valence-electron chi connectivity index (χ4n) is 3.32. The molecule has 1 aliphatic rings. The monoisotopic (exact) mass is 426 g/mol. The molecular weight excluding hydrogens is 403 g/mol. The van der Waals surface area contributed by atoms with Gasteiger partial charge in [-0.15, -0.1) is 0 Å². The lowest BCUT2D eigenvalue weighted by Gasteiger charge is -2.27. The number of nitrogens with one attached hydrogen (secondary N) is 1. The third kappa shape index (κ3) is 6.19. The highest BCUT2D eigenvalue weighted by Crippen LogP contribution is 2.23. The molecule has 1 saturated heterocycles. The second-order valence-electron chi connectivity index (χ2n) is 6.92. The molecule has 1 aliphatic heterocycles. The van der Waals surface area contributed by atoms with E-state index in [0.717, 1.165) is 25.2 Å². The van der Waals surface area contributed by atoms with Gasteiger partial charge in [0.25, 0.3) is 0 Å². The van der Waals surface area contributed by atoms with Crippen LogP contribution in [0.15, 0.2) is 42.5 Å². The standard InChI is InChI=1S/C20H24Cl2N2O2S/c21-19-9-8-18(20(22)12-19)15-27(25,26)23-13-16-6-2-3-7-17(16)14-24-10-4-1-5-11-24/h2-3,6-9,12,23H,1,4-5,10-11,13-15H2. The molecule has 0 radical (unpaired) electrons. The Morgan fingerprint density at radius 1 is 0.926 bits per heavy atom. The van der Waals surface area contributed by atoms with E-state index in [1.807, 2.05) is 18.2 Å². The third-order valence-corrected chi connectivity index (χ3v) is 6.67. The first-order chi connectivity index (χ1) is 12.9. The summed E-state index contributed by atoms with van der Waals surface area (Å²) in [7, 11) is -3.51. The van der Waals surface area contributed by atoms with Gasteiger partial charge in [0.1, 0.15) is 0 Å². The van der Waals surface area contributed by atoms with E-state index in [1.54, 1.807) is 18.2 Å². The van der Waals surface area contributed by atoms with E-state index in [-0.39, 0.29) is 12.3 Å². The molecule has 4 nitrogen and oxygen atoms in total. The minimum Gasteiger partial charge on any atom is -0.299 e. The molecule has 0 aliphatic carbocycles. The summed E-state index contributed by atoms with van der Waals surface area (Å²) in [5.41, 5.74) is 2.72. The number of nitrogens with zero attached hydrogens (tertiary/aromatic N) is 1. The maximum Gasteiger partial charge on any atom is 0.216 e. The Balaban J connectivity index is 1.65. The van der Waals surface area contributed by atoms with E-state index in [2.05, 4.69) is 15.7 Å². The van der Waals surface area contributed by atoms with Gasteiger partial charge >= 0.3 is 0 Å². The molecule has 0 atom stereocenters. The molecule has 1 N–H and O–H groups in total. The van der Waals surface area contributed by atoms with Crippen LogP contribution in [0.3, 0.4) is 0 Å². The summed E-state index contributed by atoms with van der Waals surface area (Å²) in [6.45, 7) is 3.35. The minimum absolute atomic E-state index is 0.169. The van der Waals surface area contributed by atoms with Gasteiger partial charge < -0.3 is 0 Å². The molecule has 0 spiro atoms. The van der Waals surface area contributed by atoms with E-state index in [1.165, 1.54) is 24.8 Å². The summed E-state index contributed by atoms with van der Waals surface area (Å²) in [6.07, 6.45) is 3.76. The van der Waals surface area contributed by atoms with Crippen LogP contribution in [0, 0.1) is 0 Å². The summed E-state index contributed by atoms with van der Waals surface area (Å²) in [4.78, 5) is 2.43. The zero-order valence-corrected chi connectivity index (χ0v) is 17.5. The Kier molecular flexibility index (Phi) is 7.17. The van der Waals surface area contributed by atoms with E-state index in [0.29, 0.717) is 15.6 Å². The molecule has 7 heteroatoms. The first kappa shape index (κ1) is 20.6. The van der Waals surface area contributed by atoms with Crippen molar-refractivity contribution in [1.29, 1.82) is 0 Å². The Hall–Kier alpha value is -1.11. The maximum absolute atomic E-state index is 12.5. The first-order valence-electron chi connectivity index (χ1n) is 9.13. The van der Waals surface area contributed by atoms with Gasteiger partial charge in [0.2, 0.25) is 10.0 Å². The Morgan fingerprint density at radius 2 is 1.63 bits per heavy atom. The molecule has 0 aromatic heterocycles. The lowest BCUT2D eigenvalue weighted by atomic mass is 10.1. The van der Waals surface area contributed by atoms with Crippen molar-refractivity contribution in [3.05, 3.63) is 69.2 Å². The molecular formula is C20H24Cl2N2O2S. The smallest absolute Gasteiger partial charge is 0.216 e. The molecule has 0 bridgehead atoms. The molecule has 0 unspecified atom stereocenters. The quantitative estimate of drug-likeness (QED) is 0.703. The number of halogens is 2. The number of likely N-dealkylation sites (tertiary alicyclic amines) is 1. The number of piperidine rings is 1. The Morgan fingerprint density at radius 3 is 2.33 bits per heavy atom. The van der Waals surface area contributed by atoms with Gasteiger partial charge in [0.05, 0.1) is 5.75 Å². The number of hydrogen-bond acceptors (Lipinski definition) is 3. The molecule has 2 aromatic rings. The summed E-state index contributed by atoms with van der Waals surface area (Å²) >= 11 is 12.0. The summed E-state index contributed by atoms with van der Waals surface area (Å²) < 4.78 is 27.7. The second-order valence-corrected chi connectivity index (χ2v) is 9.57. The predicted molar refractivity (Wildman–Crippen MR) is 111 cm³/mol. The van der Waals surface area contributed by atoms with Gasteiger partial charge in [0, 0.05) is 23.1 Å². The van der Waals surface area contributed by atoms with Crippen LogP contribution >= 0.6 is 23.2 Å². The van der Waals surface area contributed by atoms with Crippen LogP contribution < -0.4 is 4.72 Å². The zero-order chi connectivity index (χ0) is 19.3. The molecule has 0 amide bonds. The average molecular weight is 427 g/mol. The maximum atomic E-state index is 12.5. The van der Waals surface area contributed by atoms with Crippen LogP contribution in [-0.2, 0) is 28.9 Å². The topological polar surface area (TPSA) is 49.4 Å². The lowest BCUT2D eigenvalue weighted by molar-refractivity contribution is 0.220. The van der Waals surface area contributed by atoms with Gasteiger partial charge in [-0.05, 0) is 54.8 Å². The van der Waals surface area contributed by atoms with Crippen molar-refractivity contribution in [2.45, 2.75) is 38.1 Å². The van der Waals surface area contributed by atoms with Gasteiger partial charge in [-0.1, -0.05) is 60.0 Å². The lowest BCUT2D eigenvalue weighted by Crippen LogP contribution is -2.30. The number of rotatable bonds is 7. The SMILES string of the molecule is O=S(=O)(Cc1ccc(Cl)cc1Cl)NCc1ccccc1CN1CCCCC1. The van der Waals surface area contributed by atoms with Crippen molar-refractivity contribution in [3.8, 4) is 0 Å². The molecule has 1 heterocycles. The van der Waals surface area contributed by atoms with Crippen molar-refractivity contribution in [1.82, 2.24) is 9.62 Å².